The molecule has 1 aromatic heterocycles. The summed E-state index contributed by atoms with van der Waals surface area (Å²) in [7, 11) is 0. The fourth-order valence-electron chi connectivity index (χ4n) is 0.949. The van der Waals surface area contributed by atoms with Crippen molar-refractivity contribution < 1.29 is 4.74 Å². The molecule has 0 atom stereocenters. The quantitative estimate of drug-likeness (QED) is 0.640. The molecule has 1 rings (SSSR count). The SMILES string of the molecule is CCCCOc1cccnc1C. The predicted molar refractivity (Wildman–Crippen MR) is 49.4 cm³/mol. The molecule has 0 aliphatic rings. The average molecular weight is 165 g/mol. The number of ether oxygens (including phenoxy) is 1. The summed E-state index contributed by atoms with van der Waals surface area (Å²) >= 11 is 0. The Morgan fingerprint density at radius 1 is 1.50 bits per heavy atom. The van der Waals surface area contributed by atoms with Crippen LogP contribution in [0.15, 0.2) is 18.3 Å². The maximum absolute atomic E-state index is 5.51. The van der Waals surface area contributed by atoms with Gasteiger partial charge in [0, 0.05) is 6.20 Å². The first-order valence-electron chi connectivity index (χ1n) is 4.39. The third-order valence-electron chi connectivity index (χ3n) is 1.71. The molecule has 2 nitrogen and oxygen atoms in total. The molecule has 0 saturated heterocycles. The number of hydrogen-bond donors (Lipinski definition) is 0. The molecule has 0 amide bonds. The fourth-order valence-corrected chi connectivity index (χ4v) is 0.949. The van der Waals surface area contributed by atoms with E-state index in [-0.39, 0.29) is 0 Å². The first-order valence-corrected chi connectivity index (χ1v) is 4.39. The normalized spacial score (nSPS) is 9.83. The molecule has 0 aliphatic heterocycles. The van der Waals surface area contributed by atoms with Crippen LogP contribution < -0.4 is 4.74 Å². The zero-order chi connectivity index (χ0) is 8.81. The van der Waals surface area contributed by atoms with Crippen molar-refractivity contribution in [1.29, 1.82) is 0 Å². The number of unbranched alkanes of at least 4 members (excludes halogenated alkanes) is 1. The van der Waals surface area contributed by atoms with Gasteiger partial charge in [0.05, 0.1) is 12.3 Å². The molecule has 0 N–H and O–H groups in total. The lowest BCUT2D eigenvalue weighted by molar-refractivity contribution is 0.306. The van der Waals surface area contributed by atoms with Gasteiger partial charge in [-0.1, -0.05) is 13.3 Å². The summed E-state index contributed by atoms with van der Waals surface area (Å²) < 4.78 is 5.51. The van der Waals surface area contributed by atoms with E-state index < -0.39 is 0 Å². The lowest BCUT2D eigenvalue weighted by Gasteiger charge is -2.06. The number of hydrogen-bond acceptors (Lipinski definition) is 2. The predicted octanol–water partition coefficient (Wildman–Crippen LogP) is 2.57. The molecule has 0 fully saturated rings. The highest BCUT2D eigenvalue weighted by atomic mass is 16.5. The van der Waals surface area contributed by atoms with Crippen molar-refractivity contribution in [2.45, 2.75) is 26.7 Å². The van der Waals surface area contributed by atoms with Crippen molar-refractivity contribution in [3.8, 4) is 5.75 Å². The van der Waals surface area contributed by atoms with Gasteiger partial charge in [0.2, 0.25) is 0 Å². The van der Waals surface area contributed by atoms with Crippen LogP contribution in [0.25, 0.3) is 0 Å². The van der Waals surface area contributed by atoms with Gasteiger partial charge in [0.15, 0.2) is 0 Å². The summed E-state index contributed by atoms with van der Waals surface area (Å²) in [6.45, 7) is 4.91. The summed E-state index contributed by atoms with van der Waals surface area (Å²) in [5.41, 5.74) is 0.966. The smallest absolute Gasteiger partial charge is 0.140 e. The minimum Gasteiger partial charge on any atom is -0.492 e. The van der Waals surface area contributed by atoms with E-state index in [0.29, 0.717) is 0 Å². The maximum atomic E-state index is 5.51. The zero-order valence-corrected chi connectivity index (χ0v) is 7.71. The van der Waals surface area contributed by atoms with E-state index in [1.807, 2.05) is 19.1 Å². The Labute approximate surface area is 73.6 Å². The Morgan fingerprint density at radius 3 is 3.00 bits per heavy atom. The second kappa shape index (κ2) is 4.75. The van der Waals surface area contributed by atoms with E-state index in [2.05, 4.69) is 11.9 Å². The van der Waals surface area contributed by atoms with E-state index in [4.69, 9.17) is 4.74 Å². The minimum atomic E-state index is 0.795. The first-order chi connectivity index (χ1) is 5.84. The number of aromatic nitrogens is 1. The minimum absolute atomic E-state index is 0.795. The van der Waals surface area contributed by atoms with Crippen LogP contribution in [0.3, 0.4) is 0 Å². The highest BCUT2D eigenvalue weighted by molar-refractivity contribution is 5.25. The van der Waals surface area contributed by atoms with Crippen LogP contribution >= 0.6 is 0 Å². The fraction of sp³-hybridized carbons (Fsp3) is 0.500. The molecule has 66 valence electrons. The molecule has 0 bridgehead atoms. The summed E-state index contributed by atoms with van der Waals surface area (Å²) in [4.78, 5) is 4.13. The van der Waals surface area contributed by atoms with E-state index in [1.54, 1.807) is 6.20 Å². The molecular weight excluding hydrogens is 150 g/mol. The summed E-state index contributed by atoms with van der Waals surface area (Å²) in [5.74, 6) is 0.908. The monoisotopic (exact) mass is 165 g/mol. The van der Waals surface area contributed by atoms with Gasteiger partial charge in [-0.3, -0.25) is 4.98 Å². The molecule has 0 unspecified atom stereocenters. The number of pyridine rings is 1. The van der Waals surface area contributed by atoms with Gasteiger partial charge in [-0.15, -0.1) is 0 Å². The molecule has 0 radical (unpaired) electrons. The number of aryl methyl sites for hydroxylation is 1. The topological polar surface area (TPSA) is 22.1 Å². The van der Waals surface area contributed by atoms with Gasteiger partial charge in [0.1, 0.15) is 5.75 Å². The largest absolute Gasteiger partial charge is 0.492 e. The lowest BCUT2D eigenvalue weighted by atomic mass is 10.3. The van der Waals surface area contributed by atoms with Gasteiger partial charge < -0.3 is 4.74 Å². The molecule has 0 spiro atoms. The molecule has 0 aliphatic carbocycles. The summed E-state index contributed by atoms with van der Waals surface area (Å²) in [6.07, 6.45) is 4.05. The van der Waals surface area contributed by atoms with Crippen LogP contribution in [0, 0.1) is 6.92 Å². The van der Waals surface area contributed by atoms with E-state index in [0.717, 1.165) is 24.5 Å². The Kier molecular flexibility index (Phi) is 3.58. The molecular formula is C10H15NO. The standard InChI is InChI=1S/C10H15NO/c1-3-4-8-12-10-6-5-7-11-9(10)2/h5-7H,3-4,8H2,1-2H3. The zero-order valence-electron chi connectivity index (χ0n) is 7.71. The number of nitrogens with zero attached hydrogens (tertiary/aromatic N) is 1. The van der Waals surface area contributed by atoms with E-state index in [9.17, 15) is 0 Å². The summed E-state index contributed by atoms with van der Waals surface area (Å²) in [6, 6.07) is 3.85. The highest BCUT2D eigenvalue weighted by Gasteiger charge is 1.96. The Bertz CT molecular complexity index is 235. The van der Waals surface area contributed by atoms with Crippen LogP contribution in [-0.4, -0.2) is 11.6 Å². The molecule has 1 heterocycles. The highest BCUT2D eigenvalue weighted by Crippen LogP contribution is 2.13. The lowest BCUT2D eigenvalue weighted by Crippen LogP contribution is -1.98. The van der Waals surface area contributed by atoms with Gasteiger partial charge in [-0.25, -0.2) is 0 Å². The molecule has 12 heavy (non-hydrogen) atoms. The van der Waals surface area contributed by atoms with Crippen molar-refractivity contribution in [2.24, 2.45) is 0 Å². The van der Waals surface area contributed by atoms with Gasteiger partial charge in [-0.05, 0) is 25.5 Å². The van der Waals surface area contributed by atoms with Crippen molar-refractivity contribution in [1.82, 2.24) is 4.98 Å². The average Bonchev–Trinajstić information content (AvgIpc) is 2.09. The molecule has 0 saturated carbocycles. The van der Waals surface area contributed by atoms with Gasteiger partial charge in [0.25, 0.3) is 0 Å². The molecule has 1 aromatic rings. The first kappa shape index (κ1) is 9.04. The second-order valence-electron chi connectivity index (χ2n) is 2.79. The number of rotatable bonds is 4. The molecule has 0 aromatic carbocycles. The Balaban J connectivity index is 2.46. The Hall–Kier alpha value is -1.05. The Morgan fingerprint density at radius 2 is 2.33 bits per heavy atom. The summed E-state index contributed by atoms with van der Waals surface area (Å²) in [5, 5.41) is 0. The third kappa shape index (κ3) is 2.53. The van der Waals surface area contributed by atoms with Gasteiger partial charge >= 0.3 is 0 Å². The maximum Gasteiger partial charge on any atom is 0.140 e. The van der Waals surface area contributed by atoms with E-state index in [1.165, 1.54) is 6.42 Å². The second-order valence-corrected chi connectivity index (χ2v) is 2.79. The van der Waals surface area contributed by atoms with Crippen molar-refractivity contribution in [3.05, 3.63) is 24.0 Å². The van der Waals surface area contributed by atoms with Crippen molar-refractivity contribution in [3.63, 3.8) is 0 Å². The van der Waals surface area contributed by atoms with Crippen molar-refractivity contribution in [2.75, 3.05) is 6.61 Å². The van der Waals surface area contributed by atoms with Crippen LogP contribution in [0.2, 0.25) is 0 Å². The van der Waals surface area contributed by atoms with Crippen LogP contribution in [0.5, 0.6) is 5.75 Å². The van der Waals surface area contributed by atoms with Crippen LogP contribution in [0.1, 0.15) is 25.5 Å². The third-order valence-corrected chi connectivity index (χ3v) is 1.71. The van der Waals surface area contributed by atoms with Crippen molar-refractivity contribution >= 4 is 0 Å². The van der Waals surface area contributed by atoms with Gasteiger partial charge in [-0.2, -0.15) is 0 Å². The van der Waals surface area contributed by atoms with Crippen LogP contribution in [-0.2, 0) is 0 Å². The van der Waals surface area contributed by atoms with Crippen LogP contribution in [0.4, 0.5) is 0 Å². The van der Waals surface area contributed by atoms with E-state index >= 15 is 0 Å². The molecule has 2 heteroatoms.